The zero-order chi connectivity index (χ0) is 13.1. The molecule has 19 heavy (non-hydrogen) atoms. The molecule has 3 aromatic rings. The summed E-state index contributed by atoms with van der Waals surface area (Å²) in [6.45, 7) is 3.83. The van der Waals surface area contributed by atoms with Gasteiger partial charge in [0.1, 0.15) is 0 Å². The van der Waals surface area contributed by atoms with Gasteiger partial charge in [0.15, 0.2) is 4.96 Å². The molecule has 5 heteroatoms. The van der Waals surface area contributed by atoms with Gasteiger partial charge < -0.3 is 5.32 Å². The number of thiazole rings is 1. The maximum absolute atomic E-state index is 4.54. The van der Waals surface area contributed by atoms with Crippen LogP contribution in [-0.2, 0) is 13.0 Å². The third kappa shape index (κ3) is 2.67. The lowest BCUT2D eigenvalue weighted by molar-refractivity contribution is 0.663. The number of nitrogens with one attached hydrogen (secondary N) is 1. The number of pyridine rings is 1. The molecular weight excluding hydrogens is 256 g/mol. The van der Waals surface area contributed by atoms with Crippen molar-refractivity contribution in [3.05, 3.63) is 53.1 Å². The van der Waals surface area contributed by atoms with Gasteiger partial charge in [-0.05, 0) is 19.1 Å². The normalized spacial score (nSPS) is 11.2. The zero-order valence-electron chi connectivity index (χ0n) is 10.8. The van der Waals surface area contributed by atoms with Gasteiger partial charge in [0.25, 0.3) is 0 Å². The number of hydrogen-bond acceptors (Lipinski definition) is 4. The van der Waals surface area contributed by atoms with E-state index < -0.39 is 0 Å². The molecule has 0 radical (unpaired) electrons. The van der Waals surface area contributed by atoms with Crippen LogP contribution < -0.4 is 5.32 Å². The van der Waals surface area contributed by atoms with Crippen molar-refractivity contribution in [1.29, 1.82) is 0 Å². The molecule has 0 saturated carbocycles. The summed E-state index contributed by atoms with van der Waals surface area (Å²) in [7, 11) is 0. The highest BCUT2D eigenvalue weighted by Crippen LogP contribution is 2.16. The first-order valence-corrected chi connectivity index (χ1v) is 7.24. The second-order valence-corrected chi connectivity index (χ2v) is 5.32. The van der Waals surface area contributed by atoms with Gasteiger partial charge in [0, 0.05) is 43.0 Å². The van der Waals surface area contributed by atoms with Gasteiger partial charge in [0.2, 0.25) is 0 Å². The van der Waals surface area contributed by atoms with Gasteiger partial charge in [-0.3, -0.25) is 9.38 Å². The quantitative estimate of drug-likeness (QED) is 0.725. The van der Waals surface area contributed by atoms with E-state index in [0.29, 0.717) is 0 Å². The fourth-order valence-corrected chi connectivity index (χ4v) is 2.90. The van der Waals surface area contributed by atoms with Crippen molar-refractivity contribution in [2.45, 2.75) is 19.9 Å². The van der Waals surface area contributed by atoms with Crippen molar-refractivity contribution in [3.63, 3.8) is 0 Å². The highest BCUT2D eigenvalue weighted by molar-refractivity contribution is 7.15. The van der Waals surface area contributed by atoms with Crippen LogP contribution in [0.25, 0.3) is 4.96 Å². The molecule has 0 aliphatic carbocycles. The number of fused-ring (bicyclic) bond motifs is 1. The van der Waals surface area contributed by atoms with Crippen molar-refractivity contribution in [2.75, 3.05) is 6.54 Å². The Morgan fingerprint density at radius 2 is 2.32 bits per heavy atom. The molecule has 3 heterocycles. The van der Waals surface area contributed by atoms with E-state index in [-0.39, 0.29) is 0 Å². The van der Waals surface area contributed by atoms with Gasteiger partial charge in [-0.2, -0.15) is 0 Å². The lowest BCUT2D eigenvalue weighted by Gasteiger charge is -2.04. The summed E-state index contributed by atoms with van der Waals surface area (Å²) in [5.74, 6) is 0. The zero-order valence-corrected chi connectivity index (χ0v) is 11.7. The van der Waals surface area contributed by atoms with Gasteiger partial charge in [-0.1, -0.05) is 6.07 Å². The van der Waals surface area contributed by atoms with Crippen molar-refractivity contribution in [2.24, 2.45) is 0 Å². The molecule has 0 aliphatic heterocycles. The Bertz CT molecular complexity index is 656. The molecule has 98 valence electrons. The minimum atomic E-state index is 0.844. The summed E-state index contributed by atoms with van der Waals surface area (Å²) >= 11 is 1.67. The molecule has 0 unspecified atom stereocenters. The highest BCUT2D eigenvalue weighted by Gasteiger charge is 2.08. The van der Waals surface area contributed by atoms with Gasteiger partial charge in [0.05, 0.1) is 11.4 Å². The van der Waals surface area contributed by atoms with E-state index in [1.54, 1.807) is 11.3 Å². The van der Waals surface area contributed by atoms with Gasteiger partial charge in [-0.15, -0.1) is 11.3 Å². The van der Waals surface area contributed by atoms with Crippen LogP contribution in [0.5, 0.6) is 0 Å². The Morgan fingerprint density at radius 3 is 3.16 bits per heavy atom. The standard InChI is InChI=1S/C14H16N4S/c1-11-13(18-8-9-19-14(18)17-11)10-15-7-5-12-4-2-3-6-16-12/h2-4,6,8-9,15H,5,7,10H2,1H3. The number of rotatable bonds is 5. The molecule has 4 nitrogen and oxygen atoms in total. The average Bonchev–Trinajstić information content (AvgIpc) is 2.98. The van der Waals surface area contributed by atoms with Crippen LogP contribution in [0.1, 0.15) is 17.1 Å². The lowest BCUT2D eigenvalue weighted by Crippen LogP contribution is -2.18. The molecule has 0 saturated heterocycles. The van der Waals surface area contributed by atoms with E-state index in [4.69, 9.17) is 0 Å². The SMILES string of the molecule is Cc1nc2sccn2c1CNCCc1ccccn1. The molecule has 0 aliphatic rings. The Morgan fingerprint density at radius 1 is 1.37 bits per heavy atom. The third-order valence-corrected chi connectivity index (χ3v) is 3.89. The maximum atomic E-state index is 4.54. The second-order valence-electron chi connectivity index (χ2n) is 4.45. The smallest absolute Gasteiger partial charge is 0.194 e. The number of imidazole rings is 1. The highest BCUT2D eigenvalue weighted by atomic mass is 32.1. The number of hydrogen-bond donors (Lipinski definition) is 1. The van der Waals surface area contributed by atoms with Crippen LogP contribution in [0.2, 0.25) is 0 Å². The first-order valence-electron chi connectivity index (χ1n) is 6.36. The predicted molar refractivity (Wildman–Crippen MR) is 77.5 cm³/mol. The van der Waals surface area contributed by atoms with E-state index in [2.05, 4.69) is 44.3 Å². The summed E-state index contributed by atoms with van der Waals surface area (Å²) in [5, 5.41) is 5.53. The first-order chi connectivity index (χ1) is 9.34. The Kier molecular flexibility index (Phi) is 3.57. The Hall–Kier alpha value is -1.72. The fraction of sp³-hybridized carbons (Fsp3) is 0.286. The number of nitrogens with zero attached hydrogens (tertiary/aromatic N) is 3. The molecule has 3 aromatic heterocycles. The molecule has 3 rings (SSSR count). The summed E-state index contributed by atoms with van der Waals surface area (Å²) in [6, 6.07) is 6.03. The largest absolute Gasteiger partial charge is 0.311 e. The van der Waals surface area contributed by atoms with Crippen LogP contribution in [0.15, 0.2) is 36.0 Å². The predicted octanol–water partition coefficient (Wildman–Crippen LogP) is 2.43. The van der Waals surface area contributed by atoms with Crippen LogP contribution in [0.3, 0.4) is 0 Å². The average molecular weight is 272 g/mol. The molecule has 0 amide bonds. The van der Waals surface area contributed by atoms with Crippen LogP contribution in [0, 0.1) is 6.92 Å². The lowest BCUT2D eigenvalue weighted by atomic mass is 10.2. The monoisotopic (exact) mass is 272 g/mol. The molecule has 0 spiro atoms. The van der Waals surface area contributed by atoms with Crippen LogP contribution in [0.4, 0.5) is 0 Å². The van der Waals surface area contributed by atoms with Crippen molar-refractivity contribution >= 4 is 16.3 Å². The van der Waals surface area contributed by atoms with E-state index in [1.165, 1.54) is 5.69 Å². The summed E-state index contributed by atoms with van der Waals surface area (Å²) < 4.78 is 2.16. The molecule has 0 atom stereocenters. The maximum Gasteiger partial charge on any atom is 0.194 e. The molecular formula is C14H16N4S. The number of aryl methyl sites for hydroxylation is 1. The minimum absolute atomic E-state index is 0.844. The molecule has 0 aromatic carbocycles. The summed E-state index contributed by atoms with van der Waals surface area (Å²) in [5.41, 5.74) is 3.48. The van der Waals surface area contributed by atoms with Crippen LogP contribution >= 0.6 is 11.3 Å². The third-order valence-electron chi connectivity index (χ3n) is 3.14. The van der Waals surface area contributed by atoms with Crippen molar-refractivity contribution in [3.8, 4) is 0 Å². The Balaban J connectivity index is 1.58. The van der Waals surface area contributed by atoms with Crippen molar-refractivity contribution in [1.82, 2.24) is 19.7 Å². The summed E-state index contributed by atoms with van der Waals surface area (Å²) in [6.07, 6.45) is 4.87. The van der Waals surface area contributed by atoms with E-state index >= 15 is 0 Å². The van der Waals surface area contributed by atoms with E-state index in [1.807, 2.05) is 18.3 Å². The first kappa shape index (κ1) is 12.3. The topological polar surface area (TPSA) is 42.2 Å². The van der Waals surface area contributed by atoms with E-state index in [0.717, 1.165) is 35.9 Å². The molecule has 1 N–H and O–H groups in total. The number of aromatic nitrogens is 3. The summed E-state index contributed by atoms with van der Waals surface area (Å²) in [4.78, 5) is 9.92. The second kappa shape index (κ2) is 5.50. The van der Waals surface area contributed by atoms with E-state index in [9.17, 15) is 0 Å². The van der Waals surface area contributed by atoms with Crippen molar-refractivity contribution < 1.29 is 0 Å². The van der Waals surface area contributed by atoms with Gasteiger partial charge >= 0.3 is 0 Å². The minimum Gasteiger partial charge on any atom is -0.311 e. The molecule has 0 bridgehead atoms. The molecule has 0 fully saturated rings. The van der Waals surface area contributed by atoms with Gasteiger partial charge in [-0.25, -0.2) is 4.98 Å². The fourth-order valence-electron chi connectivity index (χ4n) is 2.12. The Labute approximate surface area is 116 Å². The van der Waals surface area contributed by atoms with Crippen LogP contribution in [-0.4, -0.2) is 20.9 Å².